The lowest BCUT2D eigenvalue weighted by molar-refractivity contribution is -0.138. The standard InChI is InChI=1S/C5H11NO2S.C5H8O2/c1-9-3-2-4(6)5(7)8;6-4-2-1-3-5-7/h4H,2-3,6H2,1H3,(H,7,8);4-5H,1-3H2/t4-;/m0./s1. The normalized spacial score (nSPS) is 10.9. The summed E-state index contributed by atoms with van der Waals surface area (Å²) in [5, 5.41) is 8.27. The molecular weight excluding hydrogens is 230 g/mol. The third-order valence-corrected chi connectivity index (χ3v) is 2.24. The number of aliphatic carboxylic acids is 1. The summed E-state index contributed by atoms with van der Waals surface area (Å²) in [7, 11) is 0. The van der Waals surface area contributed by atoms with E-state index in [4.69, 9.17) is 10.8 Å². The van der Waals surface area contributed by atoms with Crippen LogP contribution in [0.2, 0.25) is 0 Å². The molecule has 5 nitrogen and oxygen atoms in total. The van der Waals surface area contributed by atoms with Gasteiger partial charge in [0.2, 0.25) is 0 Å². The van der Waals surface area contributed by atoms with Crippen LogP contribution >= 0.6 is 11.8 Å². The largest absolute Gasteiger partial charge is 0.480 e. The molecule has 16 heavy (non-hydrogen) atoms. The molecule has 0 aliphatic carbocycles. The fourth-order valence-electron chi connectivity index (χ4n) is 0.653. The number of rotatable bonds is 8. The Morgan fingerprint density at radius 2 is 1.88 bits per heavy atom. The minimum Gasteiger partial charge on any atom is -0.480 e. The van der Waals surface area contributed by atoms with E-state index in [2.05, 4.69) is 0 Å². The molecule has 0 aliphatic heterocycles. The highest BCUT2D eigenvalue weighted by atomic mass is 32.2. The van der Waals surface area contributed by atoms with Gasteiger partial charge in [-0.15, -0.1) is 0 Å². The molecule has 6 heteroatoms. The summed E-state index contributed by atoms with van der Waals surface area (Å²) in [6.07, 6.45) is 5.85. The number of nitrogens with two attached hydrogens (primary N) is 1. The van der Waals surface area contributed by atoms with Crippen molar-refractivity contribution >= 4 is 30.3 Å². The van der Waals surface area contributed by atoms with Crippen molar-refractivity contribution in [2.75, 3.05) is 12.0 Å². The zero-order chi connectivity index (χ0) is 12.8. The Bertz CT molecular complexity index is 191. The number of carboxylic acids is 1. The summed E-state index contributed by atoms with van der Waals surface area (Å²) in [6, 6.07) is -0.683. The molecule has 1 atom stereocenters. The lowest BCUT2D eigenvalue weighted by Gasteiger charge is -2.02. The minimum absolute atomic E-state index is 0.513. The number of carboxylic acid groups (broad SMARTS) is 1. The second-order valence-corrected chi connectivity index (χ2v) is 3.98. The van der Waals surface area contributed by atoms with E-state index in [0.29, 0.717) is 25.7 Å². The minimum atomic E-state index is -0.913. The van der Waals surface area contributed by atoms with Crippen LogP contribution < -0.4 is 5.73 Å². The van der Waals surface area contributed by atoms with Crippen molar-refractivity contribution in [2.24, 2.45) is 5.73 Å². The molecule has 0 saturated carbocycles. The Morgan fingerprint density at radius 1 is 1.38 bits per heavy atom. The molecule has 94 valence electrons. The third-order valence-electron chi connectivity index (χ3n) is 1.59. The molecule has 0 aromatic carbocycles. The van der Waals surface area contributed by atoms with Gasteiger partial charge in [0.25, 0.3) is 0 Å². The van der Waals surface area contributed by atoms with Crippen molar-refractivity contribution in [3.05, 3.63) is 0 Å². The topological polar surface area (TPSA) is 97.5 Å². The molecule has 0 radical (unpaired) electrons. The first-order chi connectivity index (χ1) is 7.59. The van der Waals surface area contributed by atoms with E-state index < -0.39 is 12.0 Å². The Labute approximate surface area is 99.8 Å². The Balaban J connectivity index is 0. The van der Waals surface area contributed by atoms with Crippen LogP contribution in [0.1, 0.15) is 25.7 Å². The van der Waals surface area contributed by atoms with Gasteiger partial charge < -0.3 is 20.4 Å². The van der Waals surface area contributed by atoms with Gasteiger partial charge in [-0.05, 0) is 24.9 Å². The first-order valence-corrected chi connectivity index (χ1v) is 6.34. The van der Waals surface area contributed by atoms with Gasteiger partial charge in [0.05, 0.1) is 0 Å². The molecule has 0 heterocycles. The highest BCUT2D eigenvalue weighted by Gasteiger charge is 2.08. The quantitative estimate of drug-likeness (QED) is 0.485. The molecule has 0 saturated heterocycles. The zero-order valence-corrected chi connectivity index (χ0v) is 10.2. The Hall–Kier alpha value is -0.880. The molecule has 0 aromatic heterocycles. The molecule has 0 rings (SSSR count). The van der Waals surface area contributed by atoms with Crippen molar-refractivity contribution in [2.45, 2.75) is 31.7 Å². The zero-order valence-electron chi connectivity index (χ0n) is 9.43. The maximum absolute atomic E-state index is 10.1. The maximum Gasteiger partial charge on any atom is 0.320 e. The van der Waals surface area contributed by atoms with Crippen LogP contribution in [0.4, 0.5) is 0 Å². The Kier molecular flexibility index (Phi) is 15.5. The summed E-state index contributed by atoms with van der Waals surface area (Å²) in [5.74, 6) is -0.1000. The average Bonchev–Trinajstić information content (AvgIpc) is 2.27. The first-order valence-electron chi connectivity index (χ1n) is 4.94. The number of hydrogen-bond acceptors (Lipinski definition) is 5. The molecule has 0 aliphatic rings. The van der Waals surface area contributed by atoms with Crippen LogP contribution in [0.25, 0.3) is 0 Å². The number of aldehydes is 2. The first kappa shape index (κ1) is 17.5. The predicted molar refractivity (Wildman–Crippen MR) is 64.6 cm³/mol. The van der Waals surface area contributed by atoms with E-state index in [1.165, 1.54) is 0 Å². The van der Waals surface area contributed by atoms with E-state index in [-0.39, 0.29) is 0 Å². The van der Waals surface area contributed by atoms with Crippen LogP contribution in [-0.2, 0) is 14.4 Å². The lowest BCUT2D eigenvalue weighted by atomic mass is 10.2. The van der Waals surface area contributed by atoms with Gasteiger partial charge >= 0.3 is 5.97 Å². The van der Waals surface area contributed by atoms with E-state index >= 15 is 0 Å². The number of thioether (sulfide) groups is 1. The molecule has 0 spiro atoms. The fourth-order valence-corrected chi connectivity index (χ4v) is 1.14. The van der Waals surface area contributed by atoms with Gasteiger partial charge in [-0.1, -0.05) is 0 Å². The van der Waals surface area contributed by atoms with Gasteiger partial charge in [0.1, 0.15) is 18.6 Å². The molecular formula is C10H19NO4S. The summed E-state index contributed by atoms with van der Waals surface area (Å²) >= 11 is 1.60. The van der Waals surface area contributed by atoms with Crippen LogP contribution in [0.15, 0.2) is 0 Å². The second kappa shape index (κ2) is 14.1. The van der Waals surface area contributed by atoms with Gasteiger partial charge in [-0.2, -0.15) is 11.8 Å². The van der Waals surface area contributed by atoms with E-state index in [9.17, 15) is 14.4 Å². The van der Waals surface area contributed by atoms with Crippen LogP contribution in [0.5, 0.6) is 0 Å². The van der Waals surface area contributed by atoms with Crippen LogP contribution in [-0.4, -0.2) is 41.7 Å². The smallest absolute Gasteiger partial charge is 0.320 e. The SMILES string of the molecule is CSCC[C@H](N)C(=O)O.O=CCCCC=O. The van der Waals surface area contributed by atoms with Gasteiger partial charge in [0.15, 0.2) is 0 Å². The molecule has 0 unspecified atom stereocenters. The number of unbranched alkanes of at least 4 members (excludes halogenated alkanes) is 2. The maximum atomic E-state index is 10.1. The second-order valence-electron chi connectivity index (χ2n) is 2.99. The highest BCUT2D eigenvalue weighted by molar-refractivity contribution is 7.98. The molecule has 0 fully saturated rings. The molecule has 0 amide bonds. The fraction of sp³-hybridized carbons (Fsp3) is 0.700. The van der Waals surface area contributed by atoms with Crippen LogP contribution in [0, 0.1) is 0 Å². The van der Waals surface area contributed by atoms with Crippen molar-refractivity contribution in [1.29, 1.82) is 0 Å². The highest BCUT2D eigenvalue weighted by Crippen LogP contribution is 1.97. The third kappa shape index (κ3) is 15.6. The summed E-state index contributed by atoms with van der Waals surface area (Å²) in [6.45, 7) is 0. The number of hydrogen-bond donors (Lipinski definition) is 2. The van der Waals surface area contributed by atoms with E-state index in [1.54, 1.807) is 11.8 Å². The van der Waals surface area contributed by atoms with Crippen molar-refractivity contribution in [1.82, 2.24) is 0 Å². The van der Waals surface area contributed by atoms with Crippen molar-refractivity contribution < 1.29 is 19.5 Å². The summed E-state index contributed by atoms with van der Waals surface area (Å²) < 4.78 is 0. The van der Waals surface area contributed by atoms with Crippen LogP contribution in [0.3, 0.4) is 0 Å². The van der Waals surface area contributed by atoms with E-state index in [1.807, 2.05) is 6.26 Å². The van der Waals surface area contributed by atoms with Crippen molar-refractivity contribution in [3.8, 4) is 0 Å². The Morgan fingerprint density at radius 3 is 2.19 bits per heavy atom. The number of carbonyl (C=O) groups is 3. The van der Waals surface area contributed by atoms with Crippen molar-refractivity contribution in [3.63, 3.8) is 0 Å². The molecule has 0 aromatic rings. The van der Waals surface area contributed by atoms with Gasteiger partial charge in [-0.3, -0.25) is 4.79 Å². The van der Waals surface area contributed by atoms with Gasteiger partial charge in [0, 0.05) is 12.8 Å². The van der Waals surface area contributed by atoms with E-state index in [0.717, 1.165) is 18.3 Å². The monoisotopic (exact) mass is 249 g/mol. The molecule has 0 bridgehead atoms. The number of carbonyl (C=O) groups excluding carboxylic acids is 2. The lowest BCUT2D eigenvalue weighted by Crippen LogP contribution is -2.30. The summed E-state index contributed by atoms with van der Waals surface area (Å²) in [4.78, 5) is 29.2. The average molecular weight is 249 g/mol. The summed E-state index contributed by atoms with van der Waals surface area (Å²) in [5.41, 5.74) is 5.19. The predicted octanol–water partition coefficient (Wildman–Crippen LogP) is 0.706. The molecule has 3 N–H and O–H groups in total. The van der Waals surface area contributed by atoms with Gasteiger partial charge in [-0.25, -0.2) is 0 Å².